The number of rotatable bonds is 6. The molecule has 1 aromatic heterocycles. The summed E-state index contributed by atoms with van der Waals surface area (Å²) in [6.45, 7) is 1.82. The molecule has 0 aliphatic rings. The molecule has 120 valence electrons. The molecule has 6 nitrogen and oxygen atoms in total. The Morgan fingerprint density at radius 2 is 2.00 bits per heavy atom. The summed E-state index contributed by atoms with van der Waals surface area (Å²) in [7, 11) is 1.55. The predicted molar refractivity (Wildman–Crippen MR) is 90.1 cm³/mol. The molecule has 7 heteroatoms. The molecule has 1 heterocycles. The zero-order valence-electron chi connectivity index (χ0n) is 12.8. The molecule has 0 radical (unpaired) electrons. The SMILES string of the molecule is COc1ccc(C(=O)NCC(=O)N/N=C/c2sccc2C)cc1. The van der Waals surface area contributed by atoms with Crippen molar-refractivity contribution in [1.82, 2.24) is 10.7 Å². The van der Waals surface area contributed by atoms with E-state index in [4.69, 9.17) is 4.74 Å². The molecule has 23 heavy (non-hydrogen) atoms. The molecule has 2 amide bonds. The van der Waals surface area contributed by atoms with Gasteiger partial charge in [-0.1, -0.05) is 0 Å². The van der Waals surface area contributed by atoms with Crippen LogP contribution in [0.3, 0.4) is 0 Å². The molecule has 0 saturated heterocycles. The number of carbonyl (C=O) groups is 2. The minimum atomic E-state index is -0.391. The summed E-state index contributed by atoms with van der Waals surface area (Å²) in [5, 5.41) is 8.35. The molecule has 0 bridgehead atoms. The fraction of sp³-hybridized carbons (Fsp3) is 0.188. The number of amides is 2. The fourth-order valence-electron chi connectivity index (χ4n) is 1.72. The Balaban J connectivity index is 1.78. The summed E-state index contributed by atoms with van der Waals surface area (Å²) in [4.78, 5) is 24.5. The second-order valence-electron chi connectivity index (χ2n) is 4.67. The van der Waals surface area contributed by atoms with E-state index in [1.807, 2.05) is 18.4 Å². The molecule has 1 aromatic carbocycles. The van der Waals surface area contributed by atoms with E-state index in [2.05, 4.69) is 15.8 Å². The number of thiophene rings is 1. The topological polar surface area (TPSA) is 79.8 Å². The summed E-state index contributed by atoms with van der Waals surface area (Å²) < 4.78 is 5.02. The highest BCUT2D eigenvalue weighted by molar-refractivity contribution is 7.11. The Kier molecular flexibility index (Phi) is 5.87. The van der Waals surface area contributed by atoms with Crippen LogP contribution in [0.1, 0.15) is 20.8 Å². The van der Waals surface area contributed by atoms with Crippen molar-refractivity contribution in [3.05, 3.63) is 51.7 Å². The van der Waals surface area contributed by atoms with Crippen LogP contribution < -0.4 is 15.5 Å². The van der Waals surface area contributed by atoms with E-state index in [0.29, 0.717) is 11.3 Å². The number of carbonyl (C=O) groups excluding carboxylic acids is 2. The van der Waals surface area contributed by atoms with Crippen LogP contribution >= 0.6 is 11.3 Å². The molecular weight excluding hydrogens is 314 g/mol. The summed E-state index contributed by atoms with van der Waals surface area (Å²) in [5.41, 5.74) is 3.93. The average Bonchev–Trinajstić information content (AvgIpc) is 2.98. The molecule has 0 aliphatic carbocycles. The maximum Gasteiger partial charge on any atom is 0.259 e. The maximum atomic E-state index is 11.9. The van der Waals surface area contributed by atoms with Crippen LogP contribution in [0, 0.1) is 6.92 Å². The molecule has 0 saturated carbocycles. The van der Waals surface area contributed by atoms with Gasteiger partial charge in [0.25, 0.3) is 11.8 Å². The van der Waals surface area contributed by atoms with Gasteiger partial charge in [0.1, 0.15) is 5.75 Å². The fourth-order valence-corrected chi connectivity index (χ4v) is 2.51. The molecule has 0 unspecified atom stereocenters. The van der Waals surface area contributed by atoms with Crippen molar-refractivity contribution in [2.45, 2.75) is 6.92 Å². The first-order chi connectivity index (χ1) is 11.1. The van der Waals surface area contributed by atoms with Crippen molar-refractivity contribution >= 4 is 29.4 Å². The van der Waals surface area contributed by atoms with E-state index in [-0.39, 0.29) is 12.5 Å². The number of aryl methyl sites for hydroxylation is 1. The third-order valence-corrected chi connectivity index (χ3v) is 3.99. The van der Waals surface area contributed by atoms with Gasteiger partial charge < -0.3 is 10.1 Å². The van der Waals surface area contributed by atoms with Crippen LogP contribution in [0.2, 0.25) is 0 Å². The highest BCUT2D eigenvalue weighted by Crippen LogP contribution is 2.12. The Hall–Kier alpha value is -2.67. The summed E-state index contributed by atoms with van der Waals surface area (Å²) in [6.07, 6.45) is 1.59. The van der Waals surface area contributed by atoms with E-state index in [0.717, 1.165) is 10.4 Å². The lowest BCUT2D eigenvalue weighted by Gasteiger charge is -2.05. The summed E-state index contributed by atoms with van der Waals surface area (Å²) in [5.74, 6) is -0.0595. The Morgan fingerprint density at radius 3 is 2.61 bits per heavy atom. The summed E-state index contributed by atoms with van der Waals surface area (Å²) in [6, 6.07) is 8.60. The monoisotopic (exact) mass is 331 g/mol. The van der Waals surface area contributed by atoms with Crippen LogP contribution in [0.4, 0.5) is 0 Å². The van der Waals surface area contributed by atoms with Crippen molar-refractivity contribution in [2.75, 3.05) is 13.7 Å². The van der Waals surface area contributed by atoms with E-state index >= 15 is 0 Å². The molecule has 0 aliphatic heterocycles. The predicted octanol–water partition coefficient (Wildman–Crippen LogP) is 1.95. The van der Waals surface area contributed by atoms with Gasteiger partial charge >= 0.3 is 0 Å². The third-order valence-electron chi connectivity index (χ3n) is 3.03. The number of nitrogens with zero attached hydrogens (tertiary/aromatic N) is 1. The minimum absolute atomic E-state index is 0.147. The normalized spacial score (nSPS) is 10.5. The number of hydrogen-bond donors (Lipinski definition) is 2. The van der Waals surface area contributed by atoms with Crippen molar-refractivity contribution in [1.29, 1.82) is 0 Å². The molecular formula is C16H17N3O3S. The quantitative estimate of drug-likeness (QED) is 0.627. The van der Waals surface area contributed by atoms with Gasteiger partial charge in [-0.05, 0) is 48.2 Å². The van der Waals surface area contributed by atoms with Gasteiger partial charge in [0, 0.05) is 10.4 Å². The van der Waals surface area contributed by atoms with E-state index in [1.165, 1.54) is 11.3 Å². The Labute approximate surface area is 138 Å². The standard InChI is InChI=1S/C16H17N3O3S/c1-11-7-8-23-14(11)9-18-19-15(20)10-17-16(21)12-3-5-13(22-2)6-4-12/h3-9H,10H2,1-2H3,(H,17,21)(H,19,20)/b18-9+. The summed E-state index contributed by atoms with van der Waals surface area (Å²) >= 11 is 1.54. The van der Waals surface area contributed by atoms with Crippen molar-refractivity contribution in [3.63, 3.8) is 0 Å². The molecule has 0 spiro atoms. The van der Waals surface area contributed by atoms with Crippen LogP contribution in [0.5, 0.6) is 5.75 Å². The van der Waals surface area contributed by atoms with Gasteiger partial charge in [0.15, 0.2) is 0 Å². The largest absolute Gasteiger partial charge is 0.497 e. The molecule has 2 rings (SSSR count). The third kappa shape index (κ3) is 4.93. The zero-order chi connectivity index (χ0) is 16.7. The van der Waals surface area contributed by atoms with Crippen molar-refractivity contribution in [2.24, 2.45) is 5.10 Å². The number of hydrogen-bond acceptors (Lipinski definition) is 5. The molecule has 0 fully saturated rings. The van der Waals surface area contributed by atoms with Crippen LogP contribution in [-0.2, 0) is 4.79 Å². The molecule has 0 atom stereocenters. The molecule has 2 aromatic rings. The Morgan fingerprint density at radius 1 is 1.26 bits per heavy atom. The zero-order valence-corrected chi connectivity index (χ0v) is 13.6. The minimum Gasteiger partial charge on any atom is -0.497 e. The van der Waals surface area contributed by atoms with Gasteiger partial charge in [0.05, 0.1) is 19.9 Å². The first-order valence-corrected chi connectivity index (χ1v) is 7.76. The van der Waals surface area contributed by atoms with Gasteiger partial charge in [-0.3, -0.25) is 9.59 Å². The van der Waals surface area contributed by atoms with Crippen molar-refractivity contribution in [3.8, 4) is 5.75 Å². The number of methoxy groups -OCH3 is 1. The second-order valence-corrected chi connectivity index (χ2v) is 5.62. The highest BCUT2D eigenvalue weighted by atomic mass is 32.1. The number of nitrogens with one attached hydrogen (secondary N) is 2. The lowest BCUT2D eigenvalue weighted by molar-refractivity contribution is -0.120. The van der Waals surface area contributed by atoms with Gasteiger partial charge in [0.2, 0.25) is 0 Å². The van der Waals surface area contributed by atoms with E-state index < -0.39 is 5.91 Å². The average molecular weight is 331 g/mol. The van der Waals surface area contributed by atoms with Crippen LogP contribution in [-0.4, -0.2) is 31.7 Å². The molecule has 2 N–H and O–H groups in total. The number of benzene rings is 1. The first-order valence-electron chi connectivity index (χ1n) is 6.88. The lowest BCUT2D eigenvalue weighted by atomic mass is 10.2. The second kappa shape index (κ2) is 8.09. The lowest BCUT2D eigenvalue weighted by Crippen LogP contribution is -2.34. The smallest absolute Gasteiger partial charge is 0.259 e. The van der Waals surface area contributed by atoms with E-state index in [1.54, 1.807) is 37.6 Å². The van der Waals surface area contributed by atoms with Gasteiger partial charge in [-0.25, -0.2) is 5.43 Å². The number of hydrazone groups is 1. The maximum absolute atomic E-state index is 11.9. The highest BCUT2D eigenvalue weighted by Gasteiger charge is 2.07. The number of ether oxygens (including phenoxy) is 1. The Bertz CT molecular complexity index is 708. The van der Waals surface area contributed by atoms with Crippen molar-refractivity contribution < 1.29 is 14.3 Å². The van der Waals surface area contributed by atoms with Gasteiger partial charge in [-0.2, -0.15) is 5.10 Å². The van der Waals surface area contributed by atoms with Crippen LogP contribution in [0.25, 0.3) is 0 Å². The first kappa shape index (κ1) is 16.7. The van der Waals surface area contributed by atoms with Crippen LogP contribution in [0.15, 0.2) is 40.8 Å². The van der Waals surface area contributed by atoms with Gasteiger partial charge in [-0.15, -0.1) is 11.3 Å². The van der Waals surface area contributed by atoms with E-state index in [9.17, 15) is 9.59 Å².